The molecule has 0 bridgehead atoms. The fourth-order valence-electron chi connectivity index (χ4n) is 2.34. The van der Waals surface area contributed by atoms with Crippen molar-refractivity contribution in [1.82, 2.24) is 10.3 Å². The summed E-state index contributed by atoms with van der Waals surface area (Å²) in [7, 11) is -3.52. The van der Waals surface area contributed by atoms with Crippen LogP contribution in [0.25, 0.3) is 0 Å². The number of ether oxygens (including phenoxy) is 1. The lowest BCUT2D eigenvalue weighted by Crippen LogP contribution is -2.24. The number of carbonyl (C=O) groups is 1. The zero-order valence-electron chi connectivity index (χ0n) is 15.2. The van der Waals surface area contributed by atoms with Gasteiger partial charge in [-0.1, -0.05) is 12.1 Å². The van der Waals surface area contributed by atoms with Crippen LogP contribution < -0.4 is 15.8 Å². The van der Waals surface area contributed by atoms with Gasteiger partial charge < -0.3 is 20.9 Å². The summed E-state index contributed by atoms with van der Waals surface area (Å²) in [6.07, 6.45) is 0. The summed E-state index contributed by atoms with van der Waals surface area (Å²) in [5.41, 5.74) is 6.62. The van der Waals surface area contributed by atoms with Crippen LogP contribution in [0.2, 0.25) is 0 Å². The zero-order chi connectivity index (χ0) is 20.7. The molecule has 0 atom stereocenters. The number of rotatable bonds is 8. The van der Waals surface area contributed by atoms with Gasteiger partial charge >= 0.3 is 0 Å². The molecule has 1 heterocycles. The standard InChI is InChI=1S/C18H20N4O5S/c1-2-27-18-14(10-19)15(20)9-16(22-18)17(24)21-11-12-3-5-13(6-4-12)28(25,26)8-7-23/h3-6,9,23H,2,7-8,11H2,1H3,(H2,20,22)(H,21,24). The number of nitrogen functional groups attached to an aromatic ring is 1. The second-order valence-corrected chi connectivity index (χ2v) is 7.80. The van der Waals surface area contributed by atoms with Crippen molar-refractivity contribution in [1.29, 1.82) is 5.26 Å². The molecule has 0 unspecified atom stereocenters. The summed E-state index contributed by atoms with van der Waals surface area (Å²) >= 11 is 0. The van der Waals surface area contributed by atoms with Crippen LogP contribution in [0.1, 0.15) is 28.5 Å². The highest BCUT2D eigenvalue weighted by molar-refractivity contribution is 7.91. The first-order valence-corrected chi connectivity index (χ1v) is 10.0. The van der Waals surface area contributed by atoms with E-state index in [9.17, 15) is 13.2 Å². The Bertz CT molecular complexity index is 998. The molecule has 10 heteroatoms. The maximum absolute atomic E-state index is 12.3. The third-order valence-electron chi connectivity index (χ3n) is 3.74. The van der Waals surface area contributed by atoms with E-state index < -0.39 is 22.4 Å². The number of anilines is 1. The SMILES string of the molecule is CCOc1nc(C(=O)NCc2ccc(S(=O)(=O)CCO)cc2)cc(N)c1C#N. The minimum Gasteiger partial charge on any atom is -0.477 e. The predicted octanol–water partition coefficient (Wildman–Crippen LogP) is 0.630. The van der Waals surface area contributed by atoms with Gasteiger partial charge in [-0.25, -0.2) is 13.4 Å². The van der Waals surface area contributed by atoms with Crippen molar-refractivity contribution in [2.24, 2.45) is 0 Å². The molecule has 1 aromatic carbocycles. The lowest BCUT2D eigenvalue weighted by atomic mass is 10.2. The summed E-state index contributed by atoms with van der Waals surface area (Å²) in [5.74, 6) is -0.875. The average Bonchev–Trinajstić information content (AvgIpc) is 2.66. The van der Waals surface area contributed by atoms with E-state index in [0.29, 0.717) is 5.56 Å². The Morgan fingerprint density at radius 3 is 2.61 bits per heavy atom. The molecule has 148 valence electrons. The van der Waals surface area contributed by atoms with E-state index in [2.05, 4.69) is 10.3 Å². The van der Waals surface area contributed by atoms with Crippen molar-refractivity contribution in [3.8, 4) is 11.9 Å². The van der Waals surface area contributed by atoms with E-state index in [0.717, 1.165) is 0 Å². The van der Waals surface area contributed by atoms with Crippen LogP contribution in [-0.2, 0) is 16.4 Å². The molecule has 0 aliphatic rings. The number of nitrogens with one attached hydrogen (secondary N) is 1. The first kappa shape index (κ1) is 21.1. The third kappa shape index (κ3) is 4.97. The summed E-state index contributed by atoms with van der Waals surface area (Å²) in [4.78, 5) is 16.5. The van der Waals surface area contributed by atoms with Crippen LogP contribution in [-0.4, -0.2) is 43.4 Å². The summed E-state index contributed by atoms with van der Waals surface area (Å²) in [6.45, 7) is 1.66. The normalized spacial score (nSPS) is 10.9. The Balaban J connectivity index is 2.11. The maximum atomic E-state index is 12.3. The van der Waals surface area contributed by atoms with Gasteiger partial charge in [0.1, 0.15) is 17.3 Å². The van der Waals surface area contributed by atoms with Gasteiger partial charge in [-0.2, -0.15) is 5.26 Å². The predicted molar refractivity (Wildman–Crippen MR) is 101 cm³/mol. The summed E-state index contributed by atoms with van der Waals surface area (Å²) in [6, 6.07) is 9.14. The topological polar surface area (TPSA) is 155 Å². The maximum Gasteiger partial charge on any atom is 0.270 e. The summed E-state index contributed by atoms with van der Waals surface area (Å²) in [5, 5.41) is 20.6. The molecule has 0 aliphatic carbocycles. The molecule has 2 aromatic rings. The fourth-order valence-corrected chi connectivity index (χ4v) is 3.36. The highest BCUT2D eigenvalue weighted by atomic mass is 32.2. The number of hydrogen-bond acceptors (Lipinski definition) is 8. The van der Waals surface area contributed by atoms with Gasteiger partial charge in [0.05, 0.1) is 29.5 Å². The highest BCUT2D eigenvalue weighted by Gasteiger charge is 2.17. The number of nitriles is 1. The Labute approximate surface area is 162 Å². The van der Waals surface area contributed by atoms with E-state index in [1.165, 1.54) is 18.2 Å². The fraction of sp³-hybridized carbons (Fsp3) is 0.278. The molecule has 4 N–H and O–H groups in total. The molecule has 1 aromatic heterocycles. The number of aliphatic hydroxyl groups excluding tert-OH is 1. The molecule has 0 saturated carbocycles. The average molecular weight is 404 g/mol. The monoisotopic (exact) mass is 404 g/mol. The number of aliphatic hydroxyl groups is 1. The minimum absolute atomic E-state index is 0.00194. The number of pyridine rings is 1. The number of amides is 1. The molecule has 0 radical (unpaired) electrons. The van der Waals surface area contributed by atoms with Crippen molar-refractivity contribution < 1.29 is 23.1 Å². The van der Waals surface area contributed by atoms with Crippen molar-refractivity contribution in [2.45, 2.75) is 18.4 Å². The molecular weight excluding hydrogens is 384 g/mol. The molecule has 0 aliphatic heterocycles. The molecule has 28 heavy (non-hydrogen) atoms. The van der Waals surface area contributed by atoms with Gasteiger partial charge in [-0.3, -0.25) is 4.79 Å². The first-order chi connectivity index (χ1) is 13.3. The number of carbonyl (C=O) groups excluding carboxylic acids is 1. The lowest BCUT2D eigenvalue weighted by Gasteiger charge is -2.10. The second-order valence-electron chi connectivity index (χ2n) is 5.69. The van der Waals surface area contributed by atoms with Crippen molar-refractivity contribution in [3.05, 3.63) is 47.2 Å². The first-order valence-electron chi connectivity index (χ1n) is 8.36. The highest BCUT2D eigenvalue weighted by Crippen LogP contribution is 2.22. The quantitative estimate of drug-likeness (QED) is 0.578. The Hall–Kier alpha value is -3.16. The van der Waals surface area contributed by atoms with Crippen molar-refractivity contribution in [3.63, 3.8) is 0 Å². The van der Waals surface area contributed by atoms with Crippen LogP contribution in [0.15, 0.2) is 35.2 Å². The number of nitrogens with two attached hydrogens (primary N) is 1. The van der Waals surface area contributed by atoms with Gasteiger partial charge in [-0.15, -0.1) is 0 Å². The lowest BCUT2D eigenvalue weighted by molar-refractivity contribution is 0.0944. The van der Waals surface area contributed by atoms with Gasteiger partial charge in [0, 0.05) is 6.54 Å². The Morgan fingerprint density at radius 1 is 1.36 bits per heavy atom. The largest absolute Gasteiger partial charge is 0.477 e. The van der Waals surface area contributed by atoms with Gasteiger partial charge in [0.25, 0.3) is 5.91 Å². The Kier molecular flexibility index (Phi) is 6.92. The molecule has 9 nitrogen and oxygen atoms in total. The molecule has 0 saturated heterocycles. The van der Waals surface area contributed by atoms with E-state index >= 15 is 0 Å². The van der Waals surface area contributed by atoms with E-state index in [1.54, 1.807) is 19.1 Å². The van der Waals surface area contributed by atoms with Gasteiger partial charge in [-0.05, 0) is 30.7 Å². The number of aromatic nitrogens is 1. The van der Waals surface area contributed by atoms with E-state index in [-0.39, 0.29) is 46.6 Å². The van der Waals surface area contributed by atoms with E-state index in [1.807, 2.05) is 6.07 Å². The number of nitrogens with zero attached hydrogens (tertiary/aromatic N) is 2. The number of benzene rings is 1. The molecule has 1 amide bonds. The van der Waals surface area contributed by atoms with Crippen LogP contribution in [0.4, 0.5) is 5.69 Å². The number of hydrogen-bond donors (Lipinski definition) is 3. The minimum atomic E-state index is -3.52. The second kappa shape index (κ2) is 9.16. The van der Waals surface area contributed by atoms with Crippen LogP contribution in [0.3, 0.4) is 0 Å². The molecule has 0 fully saturated rings. The molecular formula is C18H20N4O5S. The van der Waals surface area contributed by atoms with Crippen LogP contribution in [0, 0.1) is 11.3 Å². The Morgan fingerprint density at radius 2 is 2.04 bits per heavy atom. The van der Waals surface area contributed by atoms with Gasteiger partial charge in [0.15, 0.2) is 9.84 Å². The number of sulfone groups is 1. The third-order valence-corrected chi connectivity index (χ3v) is 5.45. The van der Waals surface area contributed by atoms with Gasteiger partial charge in [0.2, 0.25) is 5.88 Å². The van der Waals surface area contributed by atoms with Crippen LogP contribution in [0.5, 0.6) is 5.88 Å². The summed E-state index contributed by atoms with van der Waals surface area (Å²) < 4.78 is 29.0. The van der Waals surface area contributed by atoms with E-state index in [4.69, 9.17) is 20.8 Å². The molecule has 2 rings (SSSR count). The smallest absolute Gasteiger partial charge is 0.270 e. The zero-order valence-corrected chi connectivity index (χ0v) is 16.0. The van der Waals surface area contributed by atoms with Crippen molar-refractivity contribution >= 4 is 21.4 Å². The van der Waals surface area contributed by atoms with Crippen molar-refractivity contribution in [2.75, 3.05) is 24.7 Å². The molecule has 0 spiro atoms. The van der Waals surface area contributed by atoms with Crippen LogP contribution >= 0.6 is 0 Å².